The second kappa shape index (κ2) is 17.7. The van der Waals surface area contributed by atoms with Gasteiger partial charge in [-0.05, 0) is 111 Å². The summed E-state index contributed by atoms with van der Waals surface area (Å²) in [5, 5.41) is 11.2. The molecule has 350 valence electrons. The lowest BCUT2D eigenvalue weighted by atomic mass is 9.92. The summed E-state index contributed by atoms with van der Waals surface area (Å²) < 4.78 is 43.8. The molecule has 0 spiro atoms. The summed E-state index contributed by atoms with van der Waals surface area (Å²) in [5.74, 6) is 0.00544. The molecule has 4 amide bonds. The van der Waals surface area contributed by atoms with Crippen molar-refractivity contribution in [3.05, 3.63) is 89.2 Å². The van der Waals surface area contributed by atoms with Crippen LogP contribution in [0.15, 0.2) is 76.4 Å². The van der Waals surface area contributed by atoms with Crippen LogP contribution in [0, 0.1) is 11.8 Å². The Hall–Kier alpha value is -6.31. The fourth-order valence-corrected chi connectivity index (χ4v) is 12.0. The molecule has 1 unspecified atom stereocenters. The van der Waals surface area contributed by atoms with Crippen molar-refractivity contribution in [2.24, 2.45) is 11.8 Å². The maximum absolute atomic E-state index is 13.8. The van der Waals surface area contributed by atoms with Crippen molar-refractivity contribution in [1.82, 2.24) is 35.0 Å². The standard InChI is InChI=1S/C48H54N10O8S/c59-42-8-7-40(46(60)50-42)58-47(61)38-6-5-35(27-39(38)48(58)62)55-18-11-32(12-19-55)28-53-16-9-31(10-17-53)29-54-20-22-56(23-21-54)34-3-1-4-36(26-34)67(63,64)52-45-43-41(66-51-45)25-33(30-57-15-2-14-49-57)37-13-24-65-44(37)43/h1-6,14-15,25-27,31-32,40H,7-13,16-24,28-30H2,(H,51,52)(H,50,59,60). The molecule has 3 aromatic carbocycles. The zero-order valence-electron chi connectivity index (χ0n) is 37.3. The van der Waals surface area contributed by atoms with Crippen LogP contribution in [-0.2, 0) is 32.6 Å². The van der Waals surface area contributed by atoms with Crippen LogP contribution in [0.25, 0.3) is 11.0 Å². The van der Waals surface area contributed by atoms with Gasteiger partial charge in [0.1, 0.15) is 17.2 Å². The molecule has 4 fully saturated rings. The number of ether oxygens (including phenoxy) is 1. The van der Waals surface area contributed by atoms with Gasteiger partial charge in [0, 0.05) is 94.5 Å². The molecule has 2 aromatic heterocycles. The Morgan fingerprint density at radius 1 is 0.746 bits per heavy atom. The molecule has 8 heterocycles. The number of likely N-dealkylation sites (tertiary alicyclic amines) is 1. The Labute approximate surface area is 388 Å². The van der Waals surface area contributed by atoms with Crippen LogP contribution in [0.2, 0.25) is 0 Å². The monoisotopic (exact) mass is 930 g/mol. The minimum Gasteiger partial charge on any atom is -0.492 e. The van der Waals surface area contributed by atoms with Crippen molar-refractivity contribution >= 4 is 61.8 Å². The zero-order chi connectivity index (χ0) is 45.8. The summed E-state index contributed by atoms with van der Waals surface area (Å²) in [6.07, 6.45) is 9.00. The lowest BCUT2D eigenvalue weighted by molar-refractivity contribution is -0.136. The first-order valence-corrected chi connectivity index (χ1v) is 25.0. The largest absolute Gasteiger partial charge is 0.492 e. The van der Waals surface area contributed by atoms with E-state index in [0.717, 1.165) is 106 Å². The molecule has 0 aliphatic carbocycles. The third kappa shape index (κ3) is 8.52. The van der Waals surface area contributed by atoms with E-state index < -0.39 is 33.8 Å². The smallest absolute Gasteiger partial charge is 0.263 e. The van der Waals surface area contributed by atoms with Gasteiger partial charge in [0.05, 0.1) is 29.2 Å². The first-order chi connectivity index (χ1) is 32.5. The lowest BCUT2D eigenvalue weighted by Crippen LogP contribution is -2.54. The first-order valence-electron chi connectivity index (χ1n) is 23.5. The average Bonchev–Trinajstić information content (AvgIpc) is 4.16. The van der Waals surface area contributed by atoms with Crippen molar-refractivity contribution < 1.29 is 36.9 Å². The van der Waals surface area contributed by atoms with E-state index in [9.17, 15) is 27.6 Å². The lowest BCUT2D eigenvalue weighted by Gasteiger charge is -2.41. The third-order valence-corrected chi connectivity index (χ3v) is 16.0. The molecule has 0 bridgehead atoms. The Morgan fingerprint density at radius 3 is 2.21 bits per heavy atom. The summed E-state index contributed by atoms with van der Waals surface area (Å²) >= 11 is 0. The van der Waals surface area contributed by atoms with E-state index >= 15 is 0 Å². The number of anilines is 3. The van der Waals surface area contributed by atoms with Crippen LogP contribution in [-0.4, -0.2) is 140 Å². The zero-order valence-corrected chi connectivity index (χ0v) is 38.1. The molecule has 6 aliphatic heterocycles. The number of piperidine rings is 3. The van der Waals surface area contributed by atoms with Crippen LogP contribution in [0.4, 0.5) is 17.2 Å². The molecular weight excluding hydrogens is 877 g/mol. The van der Waals surface area contributed by atoms with Crippen LogP contribution in [0.3, 0.4) is 0 Å². The van der Waals surface area contributed by atoms with Crippen molar-refractivity contribution in [3.8, 4) is 5.75 Å². The van der Waals surface area contributed by atoms with E-state index in [0.29, 0.717) is 59.3 Å². The fraction of sp³-hybridized carbons (Fsp3) is 0.458. The van der Waals surface area contributed by atoms with Gasteiger partial charge in [-0.2, -0.15) is 5.10 Å². The number of carbonyl (C=O) groups is 4. The van der Waals surface area contributed by atoms with E-state index in [1.54, 1.807) is 36.5 Å². The minimum atomic E-state index is -4.00. The Morgan fingerprint density at radius 2 is 1.46 bits per heavy atom. The number of benzene rings is 3. The predicted molar refractivity (Wildman–Crippen MR) is 248 cm³/mol. The van der Waals surface area contributed by atoms with Gasteiger partial charge in [0.15, 0.2) is 11.4 Å². The van der Waals surface area contributed by atoms with Gasteiger partial charge in [-0.25, -0.2) is 8.42 Å². The highest BCUT2D eigenvalue weighted by Crippen LogP contribution is 2.42. The van der Waals surface area contributed by atoms with Crippen LogP contribution in [0.1, 0.15) is 70.4 Å². The molecule has 2 N–H and O–H groups in total. The molecular formula is C48H54N10O8S. The van der Waals surface area contributed by atoms with Crippen LogP contribution < -0.4 is 24.6 Å². The van der Waals surface area contributed by atoms with E-state index in [1.807, 2.05) is 35.1 Å². The number of hydrogen-bond acceptors (Lipinski definition) is 14. The number of hydrogen-bond donors (Lipinski definition) is 2. The number of nitrogens with one attached hydrogen (secondary N) is 2. The summed E-state index contributed by atoms with van der Waals surface area (Å²) in [6, 6.07) is 15.3. The number of fused-ring (bicyclic) bond motifs is 4. The van der Waals surface area contributed by atoms with E-state index in [1.165, 1.54) is 12.8 Å². The molecule has 0 radical (unpaired) electrons. The van der Waals surface area contributed by atoms with Gasteiger partial charge >= 0.3 is 0 Å². The highest BCUT2D eigenvalue weighted by molar-refractivity contribution is 7.92. The third-order valence-electron chi connectivity index (χ3n) is 14.6. The maximum atomic E-state index is 13.8. The number of amides is 4. The summed E-state index contributed by atoms with van der Waals surface area (Å²) in [5.41, 5.74) is 4.86. The quantitative estimate of drug-likeness (QED) is 0.171. The van der Waals surface area contributed by atoms with Gasteiger partial charge in [-0.1, -0.05) is 11.2 Å². The summed E-state index contributed by atoms with van der Waals surface area (Å²) in [4.78, 5) is 61.6. The van der Waals surface area contributed by atoms with Gasteiger partial charge in [-0.3, -0.25) is 43.7 Å². The maximum Gasteiger partial charge on any atom is 0.263 e. The normalized spacial score (nSPS) is 21.3. The number of rotatable bonds is 12. The van der Waals surface area contributed by atoms with Gasteiger partial charge in [0.25, 0.3) is 21.8 Å². The van der Waals surface area contributed by atoms with Crippen molar-refractivity contribution in [2.75, 3.05) is 86.6 Å². The summed E-state index contributed by atoms with van der Waals surface area (Å²) in [6.45, 7) is 10.6. The second-order valence-corrected chi connectivity index (χ2v) is 20.5. The Bertz CT molecular complexity index is 2840. The van der Waals surface area contributed by atoms with Crippen LogP contribution >= 0.6 is 0 Å². The number of nitrogens with zero attached hydrogens (tertiary/aromatic N) is 8. The molecule has 19 heteroatoms. The molecule has 0 saturated carbocycles. The molecule has 4 saturated heterocycles. The minimum absolute atomic E-state index is 0.0946. The molecule has 1 atom stereocenters. The molecule has 6 aliphatic rings. The van der Waals surface area contributed by atoms with Crippen molar-refractivity contribution in [2.45, 2.75) is 62.4 Å². The molecule has 5 aromatic rings. The predicted octanol–water partition coefficient (Wildman–Crippen LogP) is 3.96. The first kappa shape index (κ1) is 43.3. The SMILES string of the molecule is O=C1CCC(N2C(=O)c3ccc(N4CCC(CN5CCC(CN6CCN(c7cccc(S(=O)(=O)Nc8noc9cc(Cn%10cccn%10)c%10c(c89)OCC%10)c7)CC6)CC5)CC4)cc3C2=O)C(=O)N1. The average molecular weight is 931 g/mol. The highest BCUT2D eigenvalue weighted by Gasteiger charge is 2.45. The topological polar surface area (TPSA) is 196 Å². The number of sulfonamides is 1. The van der Waals surface area contributed by atoms with Gasteiger partial charge in [0.2, 0.25) is 11.8 Å². The van der Waals surface area contributed by atoms with Crippen molar-refractivity contribution in [3.63, 3.8) is 0 Å². The van der Waals surface area contributed by atoms with Gasteiger partial charge < -0.3 is 24.0 Å². The molecule has 11 rings (SSSR count). The molecule has 18 nitrogen and oxygen atoms in total. The fourth-order valence-electron chi connectivity index (χ4n) is 11.0. The van der Waals surface area contributed by atoms with E-state index in [2.05, 4.69) is 39.9 Å². The number of carbonyl (C=O) groups excluding carboxylic acids is 4. The highest BCUT2D eigenvalue weighted by atomic mass is 32.2. The number of aromatic nitrogens is 3. The second-order valence-electron chi connectivity index (χ2n) is 18.8. The summed E-state index contributed by atoms with van der Waals surface area (Å²) in [7, 11) is -4.00. The van der Waals surface area contributed by atoms with E-state index in [-0.39, 0.29) is 29.5 Å². The van der Waals surface area contributed by atoms with E-state index in [4.69, 9.17) is 9.26 Å². The molecule has 67 heavy (non-hydrogen) atoms. The number of imide groups is 2. The van der Waals surface area contributed by atoms with Crippen molar-refractivity contribution in [1.29, 1.82) is 0 Å². The Balaban J connectivity index is 0.631. The Kier molecular flexibility index (Phi) is 11.5. The van der Waals surface area contributed by atoms with Gasteiger partial charge in [-0.15, -0.1) is 0 Å². The number of piperazine rings is 1. The van der Waals surface area contributed by atoms with Crippen LogP contribution in [0.5, 0.6) is 5.75 Å².